The molecule has 0 aliphatic carbocycles. The molecular formula is C16H16N3O4V-5. The van der Waals surface area contributed by atoms with Gasteiger partial charge in [-0.05, 0) is 18.6 Å². The van der Waals surface area contributed by atoms with Gasteiger partial charge < -0.3 is 26.5 Å². The minimum Gasteiger partial charge on any atom is -2.00 e. The van der Waals surface area contributed by atoms with E-state index >= 15 is 0 Å². The largest absolute Gasteiger partial charge is 2.00 e. The van der Waals surface area contributed by atoms with Crippen LogP contribution in [0.25, 0.3) is 0 Å². The first kappa shape index (κ1) is 23.9. The van der Waals surface area contributed by atoms with Crippen molar-refractivity contribution in [1.29, 1.82) is 0 Å². The van der Waals surface area contributed by atoms with Crippen molar-refractivity contribution in [2.24, 2.45) is 10.2 Å². The Morgan fingerprint density at radius 1 is 0.917 bits per heavy atom. The molecule has 2 N–H and O–H groups in total. The number of nitrogens with two attached hydrogens (primary N) is 1. The number of nitrogen functional groups attached to an aromatic ring is 1. The predicted molar refractivity (Wildman–Crippen MR) is 82.1 cm³/mol. The van der Waals surface area contributed by atoms with Crippen LogP contribution in [0.4, 0.5) is 5.69 Å². The third-order valence-corrected chi connectivity index (χ3v) is 2.76. The minimum atomic E-state index is -0.536. The Kier molecular flexibility index (Phi) is 12.1. The zero-order valence-corrected chi connectivity index (χ0v) is 14.6. The molecule has 0 fully saturated rings. The number of nitrogens with zero attached hydrogens (tertiary/aromatic N) is 2. The van der Waals surface area contributed by atoms with Gasteiger partial charge in [0.25, 0.3) is 0 Å². The van der Waals surface area contributed by atoms with E-state index in [1.165, 1.54) is 6.07 Å². The van der Waals surface area contributed by atoms with Crippen molar-refractivity contribution < 1.29 is 39.4 Å². The second-order valence-corrected chi connectivity index (χ2v) is 4.17. The Bertz CT molecular complexity index is 631. The quantitative estimate of drug-likeness (QED) is 0.345. The number of hydrogen-bond donors (Lipinski definition) is 1. The molecule has 0 aliphatic heterocycles. The van der Waals surface area contributed by atoms with Crippen LogP contribution in [0.2, 0.25) is 0 Å². The van der Waals surface area contributed by atoms with Crippen LogP contribution in [0, 0.1) is 0 Å². The van der Waals surface area contributed by atoms with Crippen LogP contribution in [0.5, 0.6) is 5.75 Å². The van der Waals surface area contributed by atoms with Crippen LogP contribution in [0.3, 0.4) is 0 Å². The van der Waals surface area contributed by atoms with Gasteiger partial charge in [-0.3, -0.25) is 0 Å². The summed E-state index contributed by atoms with van der Waals surface area (Å²) in [6, 6.07) is 13.1. The van der Waals surface area contributed by atoms with Crippen molar-refractivity contribution in [3.63, 3.8) is 0 Å². The molecular weight excluding hydrogens is 349 g/mol. The van der Waals surface area contributed by atoms with Gasteiger partial charge >= 0.3 is 0 Å². The average Bonchev–Trinajstić information content (AvgIpc) is 2.55. The molecule has 0 amide bonds. The van der Waals surface area contributed by atoms with E-state index in [9.17, 15) is 10.2 Å². The van der Waals surface area contributed by atoms with Crippen LogP contribution in [0.1, 0.15) is 18.1 Å². The maximum atomic E-state index is 11.9. The first-order chi connectivity index (χ1) is 10.6. The van der Waals surface area contributed by atoms with Crippen molar-refractivity contribution in [1.82, 2.24) is 0 Å². The molecule has 0 spiro atoms. The molecule has 0 saturated heterocycles. The number of para-hydroxylation sites is 2. The summed E-state index contributed by atoms with van der Waals surface area (Å²) in [5.41, 5.74) is 7.13. The van der Waals surface area contributed by atoms with E-state index in [2.05, 4.69) is 10.2 Å². The van der Waals surface area contributed by atoms with Gasteiger partial charge in [0, 0.05) is 35.7 Å². The Labute approximate surface area is 152 Å². The first-order valence-electron chi connectivity index (χ1n) is 6.41. The Hall–Kier alpha value is -2.32. The monoisotopic (exact) mass is 365 g/mol. The SMILES string of the molecule is C/C(=N\N=C(/[O-])c1ccccc1N)c1ccccc1[O-].C[O-].[O-2].[V]. The van der Waals surface area contributed by atoms with Crippen molar-refractivity contribution in [3.05, 3.63) is 59.7 Å². The maximum absolute atomic E-state index is 11.9. The molecule has 8 heteroatoms. The smallest absolute Gasteiger partial charge is 0.0665 e. The minimum absolute atomic E-state index is 0. The summed E-state index contributed by atoms with van der Waals surface area (Å²) >= 11 is 0. The van der Waals surface area contributed by atoms with Crippen LogP contribution < -0.4 is 21.1 Å². The van der Waals surface area contributed by atoms with Gasteiger partial charge in [0.15, 0.2) is 0 Å². The van der Waals surface area contributed by atoms with Gasteiger partial charge in [-0.25, -0.2) is 0 Å². The van der Waals surface area contributed by atoms with E-state index in [1.54, 1.807) is 49.4 Å². The maximum Gasteiger partial charge on any atom is 0.0665 e. The van der Waals surface area contributed by atoms with Crippen molar-refractivity contribution in [2.45, 2.75) is 6.92 Å². The fourth-order valence-electron chi connectivity index (χ4n) is 1.69. The summed E-state index contributed by atoms with van der Waals surface area (Å²) in [4.78, 5) is 0. The van der Waals surface area contributed by atoms with E-state index in [4.69, 9.17) is 10.8 Å². The molecule has 129 valence electrons. The number of hydrogen-bond acceptors (Lipinski definition) is 6. The van der Waals surface area contributed by atoms with E-state index in [0.717, 1.165) is 7.11 Å². The standard InChI is InChI=1S/C15H15N3O2.CH3O.O.V/c1-10(11-6-3-5-9-14(11)19)17-18-15(20)12-7-2-4-8-13(12)16;1-2;;/h2-9,19H,16H2,1H3,(H,18,20);1H3;;/q;-1;-2;/p-2/b17-10+;;;. The zero-order chi connectivity index (χ0) is 16.5. The number of rotatable bonds is 3. The van der Waals surface area contributed by atoms with Gasteiger partial charge in [-0.2, -0.15) is 17.3 Å². The molecule has 0 saturated carbocycles. The topological polar surface area (TPSA) is 148 Å². The van der Waals surface area contributed by atoms with E-state index < -0.39 is 5.90 Å². The summed E-state index contributed by atoms with van der Waals surface area (Å²) in [7, 11) is 0.750. The molecule has 1 radical (unpaired) electrons. The van der Waals surface area contributed by atoms with Crippen LogP contribution in [-0.4, -0.2) is 18.7 Å². The molecule has 0 aliphatic rings. The molecule has 0 aromatic heterocycles. The molecule has 2 aromatic carbocycles. The summed E-state index contributed by atoms with van der Waals surface area (Å²) < 4.78 is 0. The summed E-state index contributed by atoms with van der Waals surface area (Å²) in [6.07, 6.45) is 0. The molecule has 0 unspecified atom stereocenters. The van der Waals surface area contributed by atoms with E-state index in [0.29, 0.717) is 22.5 Å². The molecule has 0 bridgehead atoms. The van der Waals surface area contributed by atoms with Gasteiger partial charge in [0.2, 0.25) is 0 Å². The van der Waals surface area contributed by atoms with Crippen molar-refractivity contribution >= 4 is 17.3 Å². The summed E-state index contributed by atoms with van der Waals surface area (Å²) in [6.45, 7) is 1.63. The van der Waals surface area contributed by atoms with E-state index in [-0.39, 0.29) is 29.8 Å². The molecule has 2 rings (SSSR count). The molecule has 24 heavy (non-hydrogen) atoms. The van der Waals surface area contributed by atoms with Gasteiger partial charge in [-0.1, -0.05) is 48.2 Å². The fraction of sp³-hybridized carbons (Fsp3) is 0.125. The van der Waals surface area contributed by atoms with Crippen molar-refractivity contribution in [2.75, 3.05) is 12.8 Å². The number of benzene rings is 2. The second kappa shape index (κ2) is 12.1. The molecule has 0 atom stereocenters. The van der Waals surface area contributed by atoms with Gasteiger partial charge in [0.1, 0.15) is 0 Å². The van der Waals surface area contributed by atoms with Crippen molar-refractivity contribution in [3.8, 4) is 5.75 Å². The van der Waals surface area contributed by atoms with Crippen LogP contribution in [-0.2, 0) is 24.0 Å². The van der Waals surface area contributed by atoms with Gasteiger partial charge in [-0.15, -0.1) is 0 Å². The Morgan fingerprint density at radius 3 is 1.96 bits per heavy atom. The second-order valence-electron chi connectivity index (χ2n) is 4.17. The normalized spacial score (nSPS) is 10.6. The fourth-order valence-corrected chi connectivity index (χ4v) is 1.69. The molecule has 7 nitrogen and oxygen atoms in total. The third kappa shape index (κ3) is 6.43. The van der Waals surface area contributed by atoms with Gasteiger partial charge in [0.05, 0.1) is 5.71 Å². The van der Waals surface area contributed by atoms with Crippen LogP contribution >= 0.6 is 0 Å². The van der Waals surface area contributed by atoms with E-state index in [1.807, 2.05) is 0 Å². The Morgan fingerprint density at radius 2 is 1.42 bits per heavy atom. The Balaban J connectivity index is 0. The number of anilines is 1. The van der Waals surface area contributed by atoms with Crippen LogP contribution in [0.15, 0.2) is 58.7 Å². The summed E-state index contributed by atoms with van der Waals surface area (Å²) in [5, 5.41) is 39.1. The summed E-state index contributed by atoms with van der Waals surface area (Å²) in [5.74, 6) is -0.693. The first-order valence-corrected chi connectivity index (χ1v) is 6.41. The average molecular weight is 365 g/mol. The zero-order valence-electron chi connectivity index (χ0n) is 13.2. The predicted octanol–water partition coefficient (Wildman–Crippen LogP) is -0.271. The molecule has 2 aromatic rings. The third-order valence-electron chi connectivity index (χ3n) is 2.76. The molecule has 0 heterocycles.